The van der Waals surface area contributed by atoms with Crippen LogP contribution in [0.4, 0.5) is 4.79 Å². The molecule has 0 aliphatic carbocycles. The first kappa shape index (κ1) is 12.3. The van der Waals surface area contributed by atoms with Crippen molar-refractivity contribution in [3.8, 4) is 0 Å². The topological polar surface area (TPSA) is 76.1 Å². The number of ether oxygens (including phenoxy) is 2. The number of carbonyl (C=O) groups is 2. The minimum Gasteiger partial charge on any atom is -0.465 e. The summed E-state index contributed by atoms with van der Waals surface area (Å²) >= 11 is 0. The van der Waals surface area contributed by atoms with E-state index in [0.29, 0.717) is 19.3 Å². The number of carboxylic acid groups (broad SMARTS) is 1. The largest absolute Gasteiger partial charge is 0.465 e. The molecule has 0 aromatic rings. The number of hydrogen-bond acceptors (Lipinski definition) is 4. The summed E-state index contributed by atoms with van der Waals surface area (Å²) in [6.45, 7) is 0.940. The maximum atomic E-state index is 10.9. The zero-order valence-corrected chi connectivity index (χ0v) is 9.58. The Hall–Kier alpha value is -1.14. The van der Waals surface area contributed by atoms with Gasteiger partial charge in [0.05, 0.1) is 18.7 Å². The van der Waals surface area contributed by atoms with E-state index in [1.54, 1.807) is 0 Å². The number of carbonyl (C=O) groups excluding carboxylic acids is 1. The van der Waals surface area contributed by atoms with Gasteiger partial charge in [0, 0.05) is 13.0 Å². The van der Waals surface area contributed by atoms with Crippen LogP contribution in [0.5, 0.6) is 0 Å². The molecule has 0 bridgehead atoms. The van der Waals surface area contributed by atoms with E-state index in [1.165, 1.54) is 0 Å². The number of hydrogen-bond donors (Lipinski definition) is 1. The molecule has 6 heteroatoms. The van der Waals surface area contributed by atoms with Gasteiger partial charge in [-0.15, -0.1) is 0 Å². The minimum atomic E-state index is -1.07. The maximum absolute atomic E-state index is 10.9. The van der Waals surface area contributed by atoms with Gasteiger partial charge in [0.1, 0.15) is 6.29 Å². The van der Waals surface area contributed by atoms with Gasteiger partial charge in [0.2, 0.25) is 0 Å². The lowest BCUT2D eigenvalue weighted by atomic mass is 10.2. The van der Waals surface area contributed by atoms with Gasteiger partial charge in [-0.05, 0) is 19.3 Å². The van der Waals surface area contributed by atoms with Crippen LogP contribution < -0.4 is 0 Å². The summed E-state index contributed by atoms with van der Waals surface area (Å²) in [5, 5.41) is 8.92. The Bertz CT molecular complexity index is 290. The number of amides is 1. The molecular formula is C11H17NO5. The molecule has 2 heterocycles. The molecule has 2 aliphatic heterocycles. The van der Waals surface area contributed by atoms with Crippen LogP contribution in [-0.2, 0) is 14.3 Å². The Balaban J connectivity index is 1.86. The highest BCUT2D eigenvalue weighted by Crippen LogP contribution is 2.23. The molecule has 0 aromatic heterocycles. The molecular weight excluding hydrogens is 226 g/mol. The third-order valence-corrected chi connectivity index (χ3v) is 3.19. The summed E-state index contributed by atoms with van der Waals surface area (Å²) in [5.41, 5.74) is 0. The molecule has 0 spiro atoms. The minimum absolute atomic E-state index is 0.232. The van der Waals surface area contributed by atoms with E-state index in [-0.39, 0.29) is 18.9 Å². The average Bonchev–Trinajstić information content (AvgIpc) is 2.73. The van der Waals surface area contributed by atoms with E-state index in [0.717, 1.165) is 24.2 Å². The average molecular weight is 243 g/mol. The lowest BCUT2D eigenvalue weighted by Gasteiger charge is -2.25. The lowest BCUT2D eigenvalue weighted by molar-refractivity contribution is -0.184. The second-order valence-electron chi connectivity index (χ2n) is 4.43. The van der Waals surface area contributed by atoms with Crippen molar-refractivity contribution in [1.82, 2.24) is 4.90 Å². The quantitative estimate of drug-likeness (QED) is 0.744. The number of aldehydes is 1. The predicted octanol–water partition coefficient (Wildman–Crippen LogP) is 0.849. The predicted molar refractivity (Wildman–Crippen MR) is 57.7 cm³/mol. The van der Waals surface area contributed by atoms with Gasteiger partial charge in [0.25, 0.3) is 0 Å². The van der Waals surface area contributed by atoms with Gasteiger partial charge in [-0.25, -0.2) is 4.79 Å². The van der Waals surface area contributed by atoms with Crippen molar-refractivity contribution in [2.75, 3.05) is 13.2 Å². The van der Waals surface area contributed by atoms with Crippen molar-refractivity contribution in [3.05, 3.63) is 0 Å². The summed E-state index contributed by atoms with van der Waals surface area (Å²) in [7, 11) is 0. The molecule has 0 aromatic carbocycles. The monoisotopic (exact) mass is 243 g/mol. The second kappa shape index (κ2) is 5.46. The second-order valence-corrected chi connectivity index (χ2v) is 4.43. The van der Waals surface area contributed by atoms with E-state index in [9.17, 15) is 9.59 Å². The summed E-state index contributed by atoms with van der Waals surface area (Å²) in [5.74, 6) is 0. The van der Waals surface area contributed by atoms with Gasteiger partial charge >= 0.3 is 6.09 Å². The summed E-state index contributed by atoms with van der Waals surface area (Å²) in [6, 6.07) is -0.582. The van der Waals surface area contributed by atoms with Crippen molar-refractivity contribution in [3.63, 3.8) is 0 Å². The van der Waals surface area contributed by atoms with Gasteiger partial charge < -0.3 is 19.4 Å². The fourth-order valence-electron chi connectivity index (χ4n) is 2.31. The molecule has 2 fully saturated rings. The first-order valence-corrected chi connectivity index (χ1v) is 5.92. The third-order valence-electron chi connectivity index (χ3n) is 3.19. The highest BCUT2D eigenvalue weighted by molar-refractivity contribution is 5.72. The van der Waals surface area contributed by atoms with E-state index in [1.807, 2.05) is 0 Å². The van der Waals surface area contributed by atoms with Crippen LogP contribution in [0, 0.1) is 0 Å². The molecule has 1 unspecified atom stereocenters. The van der Waals surface area contributed by atoms with Crippen LogP contribution in [0.2, 0.25) is 0 Å². The van der Waals surface area contributed by atoms with Crippen molar-refractivity contribution < 1.29 is 24.2 Å². The fraction of sp³-hybridized carbons (Fsp3) is 0.818. The van der Waals surface area contributed by atoms with E-state index in [2.05, 4.69) is 0 Å². The first-order chi connectivity index (χ1) is 8.20. The fourth-order valence-corrected chi connectivity index (χ4v) is 2.31. The summed E-state index contributed by atoms with van der Waals surface area (Å²) in [4.78, 5) is 22.8. The van der Waals surface area contributed by atoms with E-state index < -0.39 is 12.1 Å². The van der Waals surface area contributed by atoms with Crippen LogP contribution in [0.15, 0.2) is 0 Å². The van der Waals surface area contributed by atoms with Gasteiger partial charge in [-0.3, -0.25) is 4.90 Å². The van der Waals surface area contributed by atoms with Gasteiger partial charge in [0.15, 0.2) is 6.29 Å². The zero-order chi connectivity index (χ0) is 12.3. The number of nitrogens with zero attached hydrogens (tertiary/aromatic N) is 1. The molecule has 6 nitrogen and oxygen atoms in total. The Morgan fingerprint density at radius 3 is 2.82 bits per heavy atom. The molecule has 96 valence electrons. The van der Waals surface area contributed by atoms with Crippen molar-refractivity contribution in [2.24, 2.45) is 0 Å². The third kappa shape index (κ3) is 2.95. The molecule has 0 saturated carbocycles. The Kier molecular flexibility index (Phi) is 3.96. The zero-order valence-electron chi connectivity index (χ0n) is 9.58. The standard InChI is InChI=1S/C11H17NO5/c13-7-8-5-9(6-12(8)11(14)15)17-10-3-1-2-4-16-10/h7-10H,1-6H2,(H,14,15)/t8-,9-,10?/m0/s1. The molecule has 0 radical (unpaired) electrons. The normalized spacial score (nSPS) is 33.6. The molecule has 1 N–H and O–H groups in total. The first-order valence-electron chi connectivity index (χ1n) is 5.92. The van der Waals surface area contributed by atoms with Crippen molar-refractivity contribution in [1.29, 1.82) is 0 Å². The Morgan fingerprint density at radius 1 is 1.47 bits per heavy atom. The maximum Gasteiger partial charge on any atom is 0.407 e. The van der Waals surface area contributed by atoms with E-state index in [4.69, 9.17) is 14.6 Å². The van der Waals surface area contributed by atoms with Crippen molar-refractivity contribution >= 4 is 12.4 Å². The molecule has 2 aliphatic rings. The molecule has 1 amide bonds. The van der Waals surface area contributed by atoms with Crippen LogP contribution in [0.3, 0.4) is 0 Å². The highest BCUT2D eigenvalue weighted by Gasteiger charge is 2.37. The van der Waals surface area contributed by atoms with Crippen LogP contribution in [0.25, 0.3) is 0 Å². The Morgan fingerprint density at radius 2 is 2.29 bits per heavy atom. The Labute approximate surface area is 99.5 Å². The van der Waals surface area contributed by atoms with Crippen LogP contribution >= 0.6 is 0 Å². The number of rotatable bonds is 3. The smallest absolute Gasteiger partial charge is 0.407 e. The van der Waals surface area contributed by atoms with Crippen LogP contribution in [0.1, 0.15) is 25.7 Å². The molecule has 2 saturated heterocycles. The highest BCUT2D eigenvalue weighted by atomic mass is 16.7. The van der Waals surface area contributed by atoms with Gasteiger partial charge in [-0.1, -0.05) is 0 Å². The van der Waals surface area contributed by atoms with Gasteiger partial charge in [-0.2, -0.15) is 0 Å². The number of likely N-dealkylation sites (tertiary alicyclic amines) is 1. The molecule has 17 heavy (non-hydrogen) atoms. The SMILES string of the molecule is O=C[C@@H]1C[C@H](OC2CCCCO2)CN1C(=O)O. The van der Waals surface area contributed by atoms with Crippen molar-refractivity contribution in [2.45, 2.75) is 44.1 Å². The molecule has 3 atom stereocenters. The molecule has 2 rings (SSSR count). The van der Waals surface area contributed by atoms with Crippen LogP contribution in [-0.4, -0.2) is 54.0 Å². The van der Waals surface area contributed by atoms with E-state index >= 15 is 0 Å². The summed E-state index contributed by atoms with van der Waals surface area (Å²) < 4.78 is 11.1. The summed E-state index contributed by atoms with van der Waals surface area (Å²) in [6.07, 6.45) is 2.50. The lowest BCUT2D eigenvalue weighted by Crippen LogP contribution is -2.36.